The minimum atomic E-state index is -0.474. The van der Waals surface area contributed by atoms with Gasteiger partial charge in [-0.25, -0.2) is 4.79 Å². The van der Waals surface area contributed by atoms with Crippen LogP contribution in [0.25, 0.3) is 0 Å². The third-order valence-corrected chi connectivity index (χ3v) is 3.69. The fourth-order valence-corrected chi connectivity index (χ4v) is 2.45. The zero-order valence-electron chi connectivity index (χ0n) is 13.6. The molecule has 8 nitrogen and oxygen atoms in total. The van der Waals surface area contributed by atoms with Crippen molar-refractivity contribution in [2.45, 2.75) is 13.0 Å². The molecular formula is C16H21N3O5. The number of allylic oxidation sites excluding steroid dienone is 3. The highest BCUT2D eigenvalue weighted by atomic mass is 16.6. The van der Waals surface area contributed by atoms with Crippen LogP contribution in [0.1, 0.15) is 6.92 Å². The van der Waals surface area contributed by atoms with Gasteiger partial charge in [0.05, 0.1) is 19.7 Å². The number of morpholine rings is 1. The molecule has 0 bridgehead atoms. The van der Waals surface area contributed by atoms with E-state index in [0.29, 0.717) is 37.5 Å². The van der Waals surface area contributed by atoms with Gasteiger partial charge >= 0.3 is 6.09 Å². The Morgan fingerprint density at radius 2 is 2.17 bits per heavy atom. The number of rotatable bonds is 7. The van der Waals surface area contributed by atoms with E-state index in [9.17, 15) is 14.4 Å². The molecule has 0 aliphatic carbocycles. The second-order valence-corrected chi connectivity index (χ2v) is 5.28. The van der Waals surface area contributed by atoms with E-state index in [1.54, 1.807) is 30.1 Å². The van der Waals surface area contributed by atoms with Gasteiger partial charge in [0.25, 0.3) is 5.91 Å². The number of carbonyl (C=O) groups is 3. The third-order valence-electron chi connectivity index (χ3n) is 3.69. The van der Waals surface area contributed by atoms with Crippen LogP contribution < -0.4 is 5.32 Å². The number of ether oxygens (including phenoxy) is 2. The van der Waals surface area contributed by atoms with Crippen LogP contribution in [0, 0.1) is 0 Å². The number of amides is 3. The van der Waals surface area contributed by atoms with Crippen LogP contribution in [0.15, 0.2) is 36.2 Å². The van der Waals surface area contributed by atoms with E-state index in [1.165, 1.54) is 4.90 Å². The van der Waals surface area contributed by atoms with Crippen molar-refractivity contribution in [1.82, 2.24) is 15.1 Å². The number of nitrogens with one attached hydrogen (secondary N) is 1. The van der Waals surface area contributed by atoms with Crippen molar-refractivity contribution < 1.29 is 23.9 Å². The molecule has 0 radical (unpaired) electrons. The van der Waals surface area contributed by atoms with Crippen molar-refractivity contribution in [2.24, 2.45) is 0 Å². The maximum atomic E-state index is 12.0. The fourth-order valence-electron chi connectivity index (χ4n) is 2.45. The molecule has 1 N–H and O–H groups in total. The highest BCUT2D eigenvalue weighted by Crippen LogP contribution is 2.19. The molecule has 2 aliphatic rings. The SMILES string of the molecule is C=C(/C=C\C(=C/C)N1C[C@H](CNC=O)OC1=O)N1CCOCC1=O. The minimum absolute atomic E-state index is 0.0488. The molecule has 24 heavy (non-hydrogen) atoms. The molecule has 2 aliphatic heterocycles. The summed E-state index contributed by atoms with van der Waals surface area (Å²) < 4.78 is 10.3. The van der Waals surface area contributed by atoms with Gasteiger partial charge in [-0.15, -0.1) is 0 Å². The predicted octanol–water partition coefficient (Wildman–Crippen LogP) is 0.386. The van der Waals surface area contributed by atoms with Gasteiger partial charge in [-0.3, -0.25) is 14.5 Å². The van der Waals surface area contributed by atoms with Crippen LogP contribution in [0.3, 0.4) is 0 Å². The Hall–Kier alpha value is -2.61. The molecule has 0 aromatic heterocycles. The summed E-state index contributed by atoms with van der Waals surface area (Å²) in [5.41, 5.74) is 1.17. The highest BCUT2D eigenvalue weighted by Gasteiger charge is 2.32. The van der Waals surface area contributed by atoms with E-state index >= 15 is 0 Å². The number of hydrogen-bond acceptors (Lipinski definition) is 5. The lowest BCUT2D eigenvalue weighted by Crippen LogP contribution is -2.40. The molecule has 0 spiro atoms. The molecule has 2 saturated heterocycles. The molecule has 0 unspecified atom stereocenters. The Labute approximate surface area is 140 Å². The second-order valence-electron chi connectivity index (χ2n) is 5.28. The van der Waals surface area contributed by atoms with Gasteiger partial charge < -0.3 is 19.7 Å². The normalized spacial score (nSPS) is 22.0. The summed E-state index contributed by atoms with van der Waals surface area (Å²) in [6.45, 7) is 7.27. The van der Waals surface area contributed by atoms with Crippen molar-refractivity contribution in [2.75, 3.05) is 32.8 Å². The van der Waals surface area contributed by atoms with E-state index in [1.807, 2.05) is 0 Å². The van der Waals surface area contributed by atoms with Gasteiger partial charge in [-0.05, 0) is 19.1 Å². The third kappa shape index (κ3) is 4.23. The summed E-state index contributed by atoms with van der Waals surface area (Å²) in [5, 5.41) is 2.49. The first kappa shape index (κ1) is 17.7. The Bertz CT molecular complexity index is 584. The molecule has 0 aromatic carbocycles. The quantitative estimate of drug-likeness (QED) is 0.537. The average Bonchev–Trinajstić information content (AvgIpc) is 2.94. The monoisotopic (exact) mass is 335 g/mol. The lowest BCUT2D eigenvalue weighted by Gasteiger charge is -2.27. The van der Waals surface area contributed by atoms with Crippen LogP contribution in [0.4, 0.5) is 4.79 Å². The standard InChI is InChI=1S/C16H21N3O5/c1-3-13(19-9-14(8-17-11-20)24-16(19)22)5-4-12(2)18-6-7-23-10-15(18)21/h3-5,11,14H,2,6-10H2,1H3,(H,17,20)/b5-4-,13-3+/t14-/m0/s1. The first-order chi connectivity index (χ1) is 11.6. The summed E-state index contributed by atoms with van der Waals surface area (Å²) in [4.78, 5) is 37.1. The van der Waals surface area contributed by atoms with E-state index < -0.39 is 12.2 Å². The Balaban J connectivity index is 1.98. The van der Waals surface area contributed by atoms with Crippen molar-refractivity contribution in [3.8, 4) is 0 Å². The van der Waals surface area contributed by atoms with Crippen LogP contribution >= 0.6 is 0 Å². The van der Waals surface area contributed by atoms with Gasteiger partial charge in [-0.1, -0.05) is 12.7 Å². The van der Waals surface area contributed by atoms with Crippen LogP contribution in [0.2, 0.25) is 0 Å². The number of carbonyl (C=O) groups excluding carboxylic acids is 3. The lowest BCUT2D eigenvalue weighted by atomic mass is 10.2. The maximum absolute atomic E-state index is 12.0. The summed E-state index contributed by atoms with van der Waals surface area (Å²) in [6.07, 6.45) is 4.86. The topological polar surface area (TPSA) is 88.2 Å². The van der Waals surface area contributed by atoms with Gasteiger partial charge in [0, 0.05) is 17.9 Å². The molecule has 1 atom stereocenters. The fraction of sp³-hybridized carbons (Fsp3) is 0.438. The molecular weight excluding hydrogens is 314 g/mol. The van der Waals surface area contributed by atoms with E-state index in [2.05, 4.69) is 11.9 Å². The highest BCUT2D eigenvalue weighted by molar-refractivity contribution is 5.80. The molecule has 0 saturated carbocycles. The van der Waals surface area contributed by atoms with Gasteiger partial charge in [0.15, 0.2) is 0 Å². The zero-order chi connectivity index (χ0) is 17.5. The van der Waals surface area contributed by atoms with E-state index in [-0.39, 0.29) is 19.1 Å². The average molecular weight is 335 g/mol. The molecule has 3 amide bonds. The second kappa shape index (κ2) is 8.30. The Kier molecular flexibility index (Phi) is 6.14. The summed E-state index contributed by atoms with van der Waals surface area (Å²) >= 11 is 0. The van der Waals surface area contributed by atoms with Crippen molar-refractivity contribution in [3.63, 3.8) is 0 Å². The minimum Gasteiger partial charge on any atom is -0.442 e. The number of hydrogen-bond donors (Lipinski definition) is 1. The summed E-state index contributed by atoms with van der Waals surface area (Å²) in [5.74, 6) is -0.140. The molecule has 2 heterocycles. The number of nitrogens with zero attached hydrogens (tertiary/aromatic N) is 2. The van der Waals surface area contributed by atoms with Gasteiger partial charge in [0.1, 0.15) is 12.7 Å². The van der Waals surface area contributed by atoms with Crippen LogP contribution in [-0.2, 0) is 19.1 Å². The van der Waals surface area contributed by atoms with E-state index in [4.69, 9.17) is 9.47 Å². The van der Waals surface area contributed by atoms with Crippen molar-refractivity contribution in [3.05, 3.63) is 36.2 Å². The molecule has 8 heteroatoms. The van der Waals surface area contributed by atoms with Crippen molar-refractivity contribution in [1.29, 1.82) is 0 Å². The van der Waals surface area contributed by atoms with Crippen LogP contribution in [0.5, 0.6) is 0 Å². The summed E-state index contributed by atoms with van der Waals surface area (Å²) in [7, 11) is 0. The largest absolute Gasteiger partial charge is 0.442 e. The van der Waals surface area contributed by atoms with Crippen molar-refractivity contribution >= 4 is 18.4 Å². The smallest absolute Gasteiger partial charge is 0.414 e. The maximum Gasteiger partial charge on any atom is 0.414 e. The molecule has 0 aromatic rings. The van der Waals surface area contributed by atoms with Gasteiger partial charge in [-0.2, -0.15) is 0 Å². The predicted molar refractivity (Wildman–Crippen MR) is 85.6 cm³/mol. The van der Waals surface area contributed by atoms with E-state index in [0.717, 1.165) is 0 Å². The van der Waals surface area contributed by atoms with Gasteiger partial charge in [0.2, 0.25) is 6.41 Å². The Morgan fingerprint density at radius 1 is 1.38 bits per heavy atom. The molecule has 2 rings (SSSR count). The Morgan fingerprint density at radius 3 is 2.83 bits per heavy atom. The molecule has 2 fully saturated rings. The summed E-state index contributed by atoms with van der Waals surface area (Å²) in [6, 6.07) is 0. The molecule has 130 valence electrons. The first-order valence-corrected chi connectivity index (χ1v) is 7.63. The first-order valence-electron chi connectivity index (χ1n) is 7.63. The lowest BCUT2D eigenvalue weighted by molar-refractivity contribution is -0.139. The number of cyclic esters (lactones) is 1. The zero-order valence-corrected chi connectivity index (χ0v) is 13.6. The van der Waals surface area contributed by atoms with Crippen LogP contribution in [-0.4, -0.2) is 67.2 Å².